The molecule has 7 nitrogen and oxygen atoms in total. The van der Waals surface area contributed by atoms with Crippen LogP contribution in [0.1, 0.15) is 11.3 Å². The summed E-state index contributed by atoms with van der Waals surface area (Å²) < 4.78 is 5.49. The van der Waals surface area contributed by atoms with Crippen LogP contribution in [-0.2, 0) is 6.61 Å². The van der Waals surface area contributed by atoms with Gasteiger partial charge in [0.15, 0.2) is 10.6 Å². The lowest BCUT2D eigenvalue weighted by Gasteiger charge is -2.06. The van der Waals surface area contributed by atoms with Crippen LogP contribution in [0.15, 0.2) is 76.1 Å². The molecular weight excluding hydrogens is 424 g/mol. The molecule has 2 aromatic carbocycles. The summed E-state index contributed by atoms with van der Waals surface area (Å²) in [5.74, 6) is 0. The number of fused-ring (bicyclic) bond motifs is 1. The van der Waals surface area contributed by atoms with Gasteiger partial charge < -0.3 is 14.8 Å². The van der Waals surface area contributed by atoms with Crippen molar-refractivity contribution in [1.29, 1.82) is 0 Å². The molecule has 32 heavy (non-hydrogen) atoms. The van der Waals surface area contributed by atoms with Crippen molar-refractivity contribution in [2.45, 2.75) is 13.5 Å². The van der Waals surface area contributed by atoms with Crippen LogP contribution in [-0.4, -0.2) is 20.3 Å². The summed E-state index contributed by atoms with van der Waals surface area (Å²) in [6, 6.07) is 19.8. The van der Waals surface area contributed by atoms with E-state index in [0.717, 1.165) is 16.8 Å². The number of aliphatic hydroxyl groups excluding tert-OH is 1. The number of anilines is 2. The summed E-state index contributed by atoms with van der Waals surface area (Å²) in [4.78, 5) is 16.8. The Bertz CT molecular complexity index is 1460. The Morgan fingerprint density at radius 2 is 1.78 bits per heavy atom. The van der Waals surface area contributed by atoms with E-state index in [1.54, 1.807) is 19.2 Å². The second-order valence-corrected chi connectivity index (χ2v) is 8.18. The molecular formula is C24H18N4O3S. The van der Waals surface area contributed by atoms with Crippen molar-refractivity contribution in [3.63, 3.8) is 0 Å². The third-order valence-corrected chi connectivity index (χ3v) is 5.98. The van der Waals surface area contributed by atoms with Gasteiger partial charge >= 0.3 is 5.63 Å². The van der Waals surface area contributed by atoms with E-state index in [4.69, 9.17) is 4.42 Å². The van der Waals surface area contributed by atoms with Crippen LogP contribution in [0.2, 0.25) is 0 Å². The number of aliphatic hydroxyl groups is 1. The molecule has 0 saturated carbocycles. The van der Waals surface area contributed by atoms with Gasteiger partial charge in [-0.25, -0.2) is 4.79 Å². The minimum atomic E-state index is -0.521. The molecule has 0 aliphatic rings. The largest absolute Gasteiger partial charge is 0.420 e. The molecule has 0 spiro atoms. The van der Waals surface area contributed by atoms with Crippen LogP contribution in [0.4, 0.5) is 10.8 Å². The first-order chi connectivity index (χ1) is 15.6. The molecule has 3 heterocycles. The maximum Gasteiger partial charge on any atom is 0.346 e. The number of aryl methyl sites for hydroxylation is 1. The van der Waals surface area contributed by atoms with Gasteiger partial charge in [0.1, 0.15) is 0 Å². The molecule has 2 N–H and O–H groups in total. The van der Waals surface area contributed by atoms with E-state index in [9.17, 15) is 9.90 Å². The maximum atomic E-state index is 12.6. The predicted octanol–water partition coefficient (Wildman–Crippen LogP) is 4.92. The normalized spacial score (nSPS) is 11.1. The van der Waals surface area contributed by atoms with Crippen LogP contribution in [0, 0.1) is 6.92 Å². The molecule has 0 aliphatic heterocycles. The lowest BCUT2D eigenvalue weighted by molar-refractivity contribution is 0.282. The van der Waals surface area contributed by atoms with Crippen LogP contribution in [0.5, 0.6) is 0 Å². The summed E-state index contributed by atoms with van der Waals surface area (Å²) >= 11 is 1.25. The van der Waals surface area contributed by atoms with Gasteiger partial charge in [0.2, 0.25) is 5.13 Å². The molecule has 0 saturated heterocycles. The van der Waals surface area contributed by atoms with E-state index in [-0.39, 0.29) is 6.61 Å². The monoisotopic (exact) mass is 442 g/mol. The quantitative estimate of drug-likeness (QED) is 0.398. The lowest BCUT2D eigenvalue weighted by Crippen LogP contribution is -2.05. The van der Waals surface area contributed by atoms with Gasteiger partial charge in [0.25, 0.3) is 0 Å². The van der Waals surface area contributed by atoms with Crippen molar-refractivity contribution in [3.8, 4) is 21.7 Å². The van der Waals surface area contributed by atoms with Crippen molar-refractivity contribution in [2.75, 3.05) is 5.32 Å². The number of nitrogens with one attached hydrogen (secondary N) is 1. The van der Waals surface area contributed by atoms with Crippen LogP contribution in [0.25, 0.3) is 32.7 Å². The summed E-state index contributed by atoms with van der Waals surface area (Å²) in [6.45, 7) is 1.54. The molecule has 158 valence electrons. The second-order valence-electron chi connectivity index (χ2n) is 7.20. The van der Waals surface area contributed by atoms with E-state index in [2.05, 4.69) is 32.6 Å². The zero-order valence-electron chi connectivity index (χ0n) is 17.1. The molecule has 0 atom stereocenters. The Kier molecular flexibility index (Phi) is 5.22. The topological polar surface area (TPSA) is 101 Å². The molecule has 0 radical (unpaired) electrons. The average molecular weight is 443 g/mol. The fourth-order valence-corrected chi connectivity index (χ4v) is 4.21. The van der Waals surface area contributed by atoms with E-state index in [1.807, 2.05) is 42.5 Å². The van der Waals surface area contributed by atoms with Gasteiger partial charge in [-0.05, 0) is 36.2 Å². The Balaban J connectivity index is 1.43. The predicted molar refractivity (Wildman–Crippen MR) is 125 cm³/mol. The molecule has 5 rings (SSSR count). The third kappa shape index (κ3) is 3.77. The first kappa shape index (κ1) is 20.0. The fourth-order valence-electron chi connectivity index (χ4n) is 3.44. The van der Waals surface area contributed by atoms with E-state index >= 15 is 0 Å². The highest BCUT2D eigenvalue weighted by Gasteiger charge is 2.16. The maximum absolute atomic E-state index is 12.6. The highest BCUT2D eigenvalue weighted by molar-refractivity contribution is 7.18. The van der Waals surface area contributed by atoms with Crippen LogP contribution >= 0.6 is 11.3 Å². The van der Waals surface area contributed by atoms with Crippen molar-refractivity contribution in [3.05, 3.63) is 88.5 Å². The summed E-state index contributed by atoms with van der Waals surface area (Å²) in [7, 11) is 0. The van der Waals surface area contributed by atoms with Crippen molar-refractivity contribution in [1.82, 2.24) is 15.2 Å². The standard InChI is InChI=1S/C24H18N4O3S/c1-14-21-19(17(13-29)12-25-14)11-20(23(30)31-21)22-27-28-24(32-22)26-18-9-7-16(8-10-18)15-5-3-2-4-6-15/h2-12,29H,13H2,1H3,(H,26,28). The lowest BCUT2D eigenvalue weighted by atomic mass is 10.1. The zero-order valence-corrected chi connectivity index (χ0v) is 17.9. The molecule has 0 unspecified atom stereocenters. The molecule has 0 bridgehead atoms. The number of hydrogen-bond donors (Lipinski definition) is 2. The van der Waals surface area contributed by atoms with E-state index in [0.29, 0.717) is 37.9 Å². The number of pyridine rings is 1. The minimum absolute atomic E-state index is 0.209. The first-order valence-corrected chi connectivity index (χ1v) is 10.7. The molecule has 0 amide bonds. The first-order valence-electron chi connectivity index (χ1n) is 9.92. The molecule has 3 aromatic heterocycles. The number of hydrogen-bond acceptors (Lipinski definition) is 8. The number of rotatable bonds is 5. The molecule has 8 heteroatoms. The average Bonchev–Trinajstić information content (AvgIpc) is 3.28. The Hall–Kier alpha value is -3.88. The van der Waals surface area contributed by atoms with Crippen molar-refractivity contribution < 1.29 is 9.52 Å². The highest BCUT2D eigenvalue weighted by atomic mass is 32.1. The van der Waals surface area contributed by atoms with Gasteiger partial charge in [0.05, 0.1) is 17.9 Å². The number of benzene rings is 2. The van der Waals surface area contributed by atoms with Crippen LogP contribution < -0.4 is 10.9 Å². The fraction of sp³-hybridized carbons (Fsp3) is 0.0833. The highest BCUT2D eigenvalue weighted by Crippen LogP contribution is 2.30. The number of aromatic nitrogens is 3. The summed E-state index contributed by atoms with van der Waals surface area (Å²) in [5.41, 5.74) is 4.43. The molecule has 5 aromatic rings. The molecule has 0 aliphatic carbocycles. The van der Waals surface area contributed by atoms with E-state index < -0.39 is 5.63 Å². The number of nitrogens with zero attached hydrogens (tertiary/aromatic N) is 3. The second kappa shape index (κ2) is 8.33. The Labute approximate surface area is 187 Å². The SMILES string of the molecule is Cc1ncc(CO)c2cc(-c3nnc(Nc4ccc(-c5ccccc5)cc4)s3)c(=O)oc12. The Morgan fingerprint density at radius 1 is 1.03 bits per heavy atom. The van der Waals surface area contributed by atoms with Gasteiger partial charge in [-0.3, -0.25) is 4.98 Å². The van der Waals surface area contributed by atoms with Gasteiger partial charge in [-0.15, -0.1) is 10.2 Å². The Morgan fingerprint density at radius 3 is 2.53 bits per heavy atom. The smallest absolute Gasteiger partial charge is 0.346 e. The van der Waals surface area contributed by atoms with Crippen molar-refractivity contribution >= 4 is 33.1 Å². The van der Waals surface area contributed by atoms with E-state index in [1.165, 1.54) is 11.3 Å². The van der Waals surface area contributed by atoms with Gasteiger partial charge in [0, 0.05) is 22.8 Å². The minimum Gasteiger partial charge on any atom is -0.420 e. The van der Waals surface area contributed by atoms with Crippen LogP contribution in [0.3, 0.4) is 0 Å². The summed E-state index contributed by atoms with van der Waals surface area (Å²) in [5, 5.41) is 22.8. The third-order valence-electron chi connectivity index (χ3n) is 5.11. The van der Waals surface area contributed by atoms with Gasteiger partial charge in [-0.1, -0.05) is 53.8 Å². The van der Waals surface area contributed by atoms with Gasteiger partial charge in [-0.2, -0.15) is 0 Å². The van der Waals surface area contributed by atoms with Crippen molar-refractivity contribution in [2.24, 2.45) is 0 Å². The molecule has 0 fully saturated rings. The zero-order chi connectivity index (χ0) is 22.1. The summed E-state index contributed by atoms with van der Waals surface area (Å²) in [6.07, 6.45) is 1.58.